The van der Waals surface area contributed by atoms with Crippen molar-refractivity contribution in [1.29, 1.82) is 0 Å². The van der Waals surface area contributed by atoms with Crippen molar-refractivity contribution < 1.29 is 14.3 Å². The van der Waals surface area contributed by atoms with Crippen molar-refractivity contribution in [1.82, 2.24) is 9.97 Å². The largest absolute Gasteiger partial charge is 0.462 e. The van der Waals surface area contributed by atoms with E-state index in [-0.39, 0.29) is 23.8 Å². The summed E-state index contributed by atoms with van der Waals surface area (Å²) in [5.74, 6) is -0.175. The Morgan fingerprint density at radius 3 is 2.43 bits per heavy atom. The zero-order valence-electron chi connectivity index (χ0n) is 16.5. The topological polar surface area (TPSA) is 81.2 Å². The summed E-state index contributed by atoms with van der Waals surface area (Å²) >= 11 is 7.03. The molecule has 0 aliphatic rings. The van der Waals surface area contributed by atoms with Gasteiger partial charge in [0.1, 0.15) is 10.6 Å². The van der Waals surface area contributed by atoms with Crippen LogP contribution in [0.1, 0.15) is 23.0 Å². The average Bonchev–Trinajstić information content (AvgIpc) is 2.74. The molecule has 154 valence electrons. The Hall–Kier alpha value is -2.90. The Morgan fingerprint density at radius 1 is 1.07 bits per heavy atom. The number of rotatable bonds is 7. The van der Waals surface area contributed by atoms with Crippen LogP contribution in [-0.2, 0) is 9.53 Å². The number of hydrogen-bond acceptors (Lipinski definition) is 6. The van der Waals surface area contributed by atoms with Gasteiger partial charge in [-0.15, -0.1) is 0 Å². The number of amides is 1. The number of halogens is 1. The van der Waals surface area contributed by atoms with Gasteiger partial charge >= 0.3 is 5.97 Å². The monoisotopic (exact) mass is 441 g/mol. The van der Waals surface area contributed by atoms with E-state index in [1.165, 1.54) is 0 Å². The van der Waals surface area contributed by atoms with Gasteiger partial charge in [-0.1, -0.05) is 53.7 Å². The summed E-state index contributed by atoms with van der Waals surface area (Å²) in [6.45, 7) is 3.71. The molecule has 0 spiro atoms. The Bertz CT molecular complexity index is 1040. The molecule has 1 N–H and O–H groups in total. The van der Waals surface area contributed by atoms with Gasteiger partial charge in [0.05, 0.1) is 18.1 Å². The Morgan fingerprint density at radius 2 is 1.77 bits per heavy atom. The maximum absolute atomic E-state index is 12.5. The number of nitrogens with one attached hydrogen (secondary N) is 1. The van der Waals surface area contributed by atoms with Gasteiger partial charge in [0.15, 0.2) is 5.82 Å². The lowest BCUT2D eigenvalue weighted by Crippen LogP contribution is -2.16. The van der Waals surface area contributed by atoms with Gasteiger partial charge in [0.2, 0.25) is 5.91 Å². The van der Waals surface area contributed by atoms with E-state index in [1.807, 2.05) is 30.3 Å². The second-order valence-electron chi connectivity index (χ2n) is 6.24. The number of ether oxygens (including phenoxy) is 1. The highest BCUT2D eigenvalue weighted by Crippen LogP contribution is 2.27. The molecule has 3 aromatic rings. The van der Waals surface area contributed by atoms with Crippen LogP contribution in [-0.4, -0.2) is 34.2 Å². The lowest BCUT2D eigenvalue weighted by atomic mass is 10.2. The Labute approximate surface area is 184 Å². The molecular formula is C22H20ClN3O3S. The lowest BCUT2D eigenvalue weighted by Gasteiger charge is -2.12. The second kappa shape index (κ2) is 10.2. The van der Waals surface area contributed by atoms with Crippen LogP contribution in [0.2, 0.25) is 5.02 Å². The van der Waals surface area contributed by atoms with Crippen LogP contribution in [0.15, 0.2) is 59.6 Å². The van der Waals surface area contributed by atoms with Crippen LogP contribution in [0.3, 0.4) is 0 Å². The van der Waals surface area contributed by atoms with Crippen molar-refractivity contribution >= 4 is 40.9 Å². The number of aromatic nitrogens is 2. The summed E-state index contributed by atoms with van der Waals surface area (Å²) in [6.07, 6.45) is 0. The Kier molecular flexibility index (Phi) is 7.43. The number of anilines is 1. The SMILES string of the molecule is CCOC(=O)c1c(C)nc(-c2ccccc2)nc1SCC(=O)Nc1ccc(Cl)cc1. The van der Waals surface area contributed by atoms with Gasteiger partial charge in [0, 0.05) is 16.3 Å². The molecule has 0 saturated heterocycles. The summed E-state index contributed by atoms with van der Waals surface area (Å²) < 4.78 is 5.16. The molecular weight excluding hydrogens is 422 g/mol. The molecule has 0 saturated carbocycles. The summed E-state index contributed by atoms with van der Waals surface area (Å²) in [5, 5.41) is 3.79. The minimum atomic E-state index is -0.504. The van der Waals surface area contributed by atoms with Gasteiger partial charge in [-0.05, 0) is 38.1 Å². The van der Waals surface area contributed by atoms with E-state index in [4.69, 9.17) is 16.3 Å². The van der Waals surface area contributed by atoms with E-state index in [9.17, 15) is 9.59 Å². The molecule has 3 rings (SSSR count). The highest BCUT2D eigenvalue weighted by atomic mass is 35.5. The van der Waals surface area contributed by atoms with Crippen LogP contribution >= 0.6 is 23.4 Å². The maximum atomic E-state index is 12.5. The summed E-state index contributed by atoms with van der Waals surface area (Å²) in [5.41, 5.74) is 2.24. The van der Waals surface area contributed by atoms with Crippen LogP contribution in [0, 0.1) is 6.92 Å². The van der Waals surface area contributed by atoms with E-state index in [1.54, 1.807) is 38.1 Å². The number of esters is 1. The number of carbonyl (C=O) groups is 2. The summed E-state index contributed by atoms with van der Waals surface area (Å²) in [6, 6.07) is 16.3. The lowest BCUT2D eigenvalue weighted by molar-refractivity contribution is -0.113. The molecule has 6 nitrogen and oxygen atoms in total. The van der Waals surface area contributed by atoms with Crippen LogP contribution in [0.4, 0.5) is 5.69 Å². The fourth-order valence-electron chi connectivity index (χ4n) is 2.67. The molecule has 8 heteroatoms. The smallest absolute Gasteiger partial charge is 0.342 e. The third-order valence-corrected chi connectivity index (χ3v) is 5.26. The minimum Gasteiger partial charge on any atom is -0.462 e. The third kappa shape index (κ3) is 5.58. The molecule has 30 heavy (non-hydrogen) atoms. The number of nitrogens with zero attached hydrogens (tertiary/aromatic N) is 2. The van der Waals surface area contributed by atoms with E-state index in [0.29, 0.717) is 27.3 Å². The summed E-state index contributed by atoms with van der Waals surface area (Å²) in [7, 11) is 0. The molecule has 0 unspecified atom stereocenters. The number of benzene rings is 2. The number of thioether (sulfide) groups is 1. The first-order valence-corrected chi connectivity index (χ1v) is 10.6. The number of aryl methyl sites for hydroxylation is 1. The highest BCUT2D eigenvalue weighted by Gasteiger charge is 2.21. The zero-order chi connectivity index (χ0) is 21.5. The molecule has 0 fully saturated rings. The van der Waals surface area contributed by atoms with Crippen molar-refractivity contribution in [2.45, 2.75) is 18.9 Å². The standard InChI is InChI=1S/C22H20ClN3O3S/c1-3-29-22(28)19-14(2)24-20(15-7-5-4-6-8-15)26-21(19)30-13-18(27)25-17-11-9-16(23)10-12-17/h4-12H,3,13H2,1-2H3,(H,25,27). The van der Waals surface area contributed by atoms with Gasteiger partial charge in [-0.3, -0.25) is 4.79 Å². The third-order valence-electron chi connectivity index (χ3n) is 4.04. The predicted molar refractivity (Wildman–Crippen MR) is 119 cm³/mol. The maximum Gasteiger partial charge on any atom is 0.342 e. The van der Waals surface area contributed by atoms with Gasteiger partial charge in [-0.25, -0.2) is 14.8 Å². The second-order valence-corrected chi connectivity index (χ2v) is 7.64. The average molecular weight is 442 g/mol. The van der Waals surface area contributed by atoms with Gasteiger partial charge in [-0.2, -0.15) is 0 Å². The fourth-order valence-corrected chi connectivity index (χ4v) is 3.66. The van der Waals surface area contributed by atoms with Crippen molar-refractivity contribution in [3.63, 3.8) is 0 Å². The first kappa shape index (κ1) is 21.8. The van der Waals surface area contributed by atoms with Crippen LogP contribution in [0.5, 0.6) is 0 Å². The van der Waals surface area contributed by atoms with E-state index in [2.05, 4.69) is 15.3 Å². The van der Waals surface area contributed by atoms with Gasteiger partial charge < -0.3 is 10.1 Å². The number of carbonyl (C=O) groups excluding carboxylic acids is 2. The van der Waals surface area contributed by atoms with Crippen LogP contribution in [0.25, 0.3) is 11.4 Å². The van der Waals surface area contributed by atoms with Crippen molar-refractivity contribution in [3.05, 3.63) is 70.9 Å². The molecule has 0 aliphatic carbocycles. The first-order chi connectivity index (χ1) is 14.5. The van der Waals surface area contributed by atoms with Crippen molar-refractivity contribution in [2.24, 2.45) is 0 Å². The van der Waals surface area contributed by atoms with Gasteiger partial charge in [0.25, 0.3) is 0 Å². The first-order valence-electron chi connectivity index (χ1n) is 9.27. The molecule has 0 atom stereocenters. The van der Waals surface area contributed by atoms with Crippen LogP contribution < -0.4 is 5.32 Å². The molecule has 0 bridgehead atoms. The van der Waals surface area contributed by atoms with E-state index >= 15 is 0 Å². The fraction of sp³-hybridized carbons (Fsp3) is 0.182. The molecule has 1 heterocycles. The molecule has 0 aliphatic heterocycles. The predicted octanol–water partition coefficient (Wildman–Crippen LogP) is 5.01. The van der Waals surface area contributed by atoms with E-state index < -0.39 is 5.97 Å². The normalized spacial score (nSPS) is 10.5. The quantitative estimate of drug-likeness (QED) is 0.315. The zero-order valence-corrected chi connectivity index (χ0v) is 18.1. The molecule has 0 radical (unpaired) electrons. The molecule has 1 amide bonds. The molecule has 1 aromatic heterocycles. The molecule has 2 aromatic carbocycles. The minimum absolute atomic E-state index is 0.0692. The highest BCUT2D eigenvalue weighted by molar-refractivity contribution is 8.00. The summed E-state index contributed by atoms with van der Waals surface area (Å²) in [4.78, 5) is 33.9. The Balaban J connectivity index is 1.84. The van der Waals surface area contributed by atoms with Crippen molar-refractivity contribution in [2.75, 3.05) is 17.7 Å². The van der Waals surface area contributed by atoms with E-state index in [0.717, 1.165) is 17.3 Å². The number of hydrogen-bond donors (Lipinski definition) is 1. The van der Waals surface area contributed by atoms with Crippen molar-refractivity contribution in [3.8, 4) is 11.4 Å².